The van der Waals surface area contributed by atoms with E-state index in [1.807, 2.05) is 200 Å². The number of anilines is 6. The fourth-order valence-electron chi connectivity index (χ4n) is 18.0. The number of nitrogens with zero attached hydrogens (tertiary/aromatic N) is 4. The topological polar surface area (TPSA) is 34.8 Å². The van der Waals surface area contributed by atoms with Crippen LogP contribution in [0.15, 0.2) is 345 Å². The summed E-state index contributed by atoms with van der Waals surface area (Å²) in [5, 5.41) is -0.593. The molecule has 482 valence electrons. The molecule has 0 radical (unpaired) electrons. The van der Waals surface area contributed by atoms with Gasteiger partial charge in [-0.1, -0.05) is 297 Å². The van der Waals surface area contributed by atoms with Crippen molar-refractivity contribution < 1.29 is 39.6 Å². The van der Waals surface area contributed by atoms with E-state index >= 15 is 0 Å². The van der Waals surface area contributed by atoms with Gasteiger partial charge in [-0.15, -0.1) is 0 Å². The summed E-state index contributed by atoms with van der Waals surface area (Å²) in [4.78, 5) is 4.27. The maximum atomic E-state index is 10.5. The lowest BCUT2D eigenvalue weighted by Gasteiger charge is -2.48. The van der Waals surface area contributed by atoms with Gasteiger partial charge in [0, 0.05) is 89.0 Å². The molecule has 105 heavy (non-hydrogen) atoms. The van der Waals surface area contributed by atoms with Crippen molar-refractivity contribution in [2.24, 2.45) is 0 Å². The highest BCUT2D eigenvalue weighted by molar-refractivity contribution is 7.05. The molecule has 2 aromatic heterocycles. The minimum atomic E-state index is -1.59. The van der Waals surface area contributed by atoms with Gasteiger partial charge in [-0.05, 0) is 131 Å². The Kier molecular flexibility index (Phi) is 8.25. The van der Waals surface area contributed by atoms with Gasteiger partial charge in [0.25, 0.3) is 20.1 Å². The second kappa shape index (κ2) is 21.5. The van der Waals surface area contributed by atoms with E-state index in [0.29, 0.717) is 56.0 Å². The first-order valence-electron chi connectivity index (χ1n) is 45.7. The quantitative estimate of drug-likeness (QED) is 0.149. The molecule has 16 aromatic carbocycles. The summed E-state index contributed by atoms with van der Waals surface area (Å²) in [6.07, 6.45) is 0. The van der Waals surface area contributed by atoms with Crippen LogP contribution in [0.5, 0.6) is 23.0 Å². The van der Waals surface area contributed by atoms with E-state index < -0.39 is 165 Å². The minimum Gasteiger partial charge on any atom is -0.459 e. The zero-order chi connectivity index (χ0) is 87.4. The van der Waals surface area contributed by atoms with Crippen LogP contribution in [0.1, 0.15) is 30.2 Å². The lowest BCUT2D eigenvalue weighted by atomic mass is 9.28. The molecule has 24 rings (SSSR count). The number of rotatable bonds is 7. The molecule has 18 aromatic rings. The first kappa shape index (κ1) is 40.2. The van der Waals surface area contributed by atoms with E-state index in [-0.39, 0.29) is 122 Å². The number of ether oxygens (including phenoxy) is 2. The highest BCUT2D eigenvalue weighted by Crippen LogP contribution is 2.57. The molecule has 6 aliphatic rings. The van der Waals surface area contributed by atoms with Crippen LogP contribution in [0.2, 0.25) is 0 Å². The van der Waals surface area contributed by atoms with Crippen molar-refractivity contribution in [3.05, 3.63) is 345 Å². The summed E-state index contributed by atoms with van der Waals surface area (Å²) < 4.78 is 238. The van der Waals surface area contributed by atoms with Crippen LogP contribution < -0.4 is 68.4 Å². The summed E-state index contributed by atoms with van der Waals surface area (Å²) in [7, 11) is 0. The third-order valence-electron chi connectivity index (χ3n) is 22.0. The second-order valence-electron chi connectivity index (χ2n) is 27.1. The van der Waals surface area contributed by atoms with Gasteiger partial charge in [-0.2, -0.15) is 0 Å². The molecule has 8 heterocycles. The molecule has 0 atom stereocenters. The molecule has 0 saturated heterocycles. The lowest BCUT2D eigenvalue weighted by molar-refractivity contribution is 0.490. The van der Waals surface area contributed by atoms with Crippen molar-refractivity contribution in [1.82, 2.24) is 9.13 Å². The Bertz CT molecular complexity index is 7640. The minimum absolute atomic E-state index is 0.00895. The van der Waals surface area contributed by atoms with Gasteiger partial charge in [-0.3, -0.25) is 0 Å². The zero-order valence-corrected chi connectivity index (χ0v) is 55.0. The van der Waals surface area contributed by atoms with Crippen molar-refractivity contribution in [1.29, 1.82) is 0 Å². The molecule has 6 aliphatic heterocycles. The Morgan fingerprint density at radius 2 is 0.590 bits per heavy atom. The highest BCUT2D eigenvalue weighted by Gasteiger charge is 2.54. The molecule has 6 nitrogen and oxygen atoms in total. The fourth-order valence-corrected chi connectivity index (χ4v) is 18.0. The summed E-state index contributed by atoms with van der Waals surface area (Å²) in [6, 6.07) is 55.0. The number of hydrogen-bond donors (Lipinski definition) is 0. The van der Waals surface area contributed by atoms with Gasteiger partial charge < -0.3 is 28.4 Å². The number of fused-ring (bicyclic) bond motifs is 20. The Hall–Kier alpha value is -13.5. The van der Waals surface area contributed by atoms with E-state index in [0.717, 1.165) is 27.8 Å². The third kappa shape index (κ3) is 7.75. The van der Waals surface area contributed by atoms with Crippen LogP contribution in [0, 0.1) is 0 Å². The first-order valence-corrected chi connectivity index (χ1v) is 34.7. The highest BCUT2D eigenvalue weighted by atomic mass is 16.5. The number of hydrogen-bond acceptors (Lipinski definition) is 4. The number of para-hydroxylation sites is 8. The van der Waals surface area contributed by atoms with E-state index in [4.69, 9.17) is 9.47 Å². The molecule has 9 heteroatoms. The van der Waals surface area contributed by atoms with Crippen LogP contribution in [0.3, 0.4) is 0 Å². The van der Waals surface area contributed by atoms with E-state index in [2.05, 4.69) is 21.9 Å². The van der Waals surface area contributed by atoms with Crippen LogP contribution in [0.4, 0.5) is 34.1 Å². The normalized spacial score (nSPS) is 16.3. The average molecular weight is 1350 g/mol. The van der Waals surface area contributed by atoms with Gasteiger partial charge in [0.15, 0.2) is 0 Å². The maximum absolute atomic E-state index is 10.5. The zero-order valence-electron chi connectivity index (χ0n) is 77.0. The standard InChI is InChI=1S/C96H57B3N4O2/c1-6-28-58(29-7-1)63-54-78-86-79(55-63)103(92-66(61-34-12-4-13-35-61)42-25-43-67(92)62-36-14-5-15-37-62)83-57-81-88-96(105-85-53-23-19-47-73(85)98(88)75-49-27-45-71-69-39-17-21-51-77(69)101(81)94(71)75)90(83)99(86)89-82(102(78)91-64(59-30-8-2-9-31-59)40-24-41-65(91)60-32-10-3-11-33-60)56-80-87-95(89)104-84-52-22-18-46-72(84)97(87)74-48-26-44-70-68-38-16-20-50-76(68)100(80)93(70)74/h1-57H/i16D,17D,18D,19D,20D,21D,22D,23D,26D,27D,38D,39D,44D,45D,46D,47D,48D,49D,50D,51D,52D,53D. The van der Waals surface area contributed by atoms with Gasteiger partial charge >= 0.3 is 0 Å². The maximum Gasteiger partial charge on any atom is 0.261 e. The largest absolute Gasteiger partial charge is 0.459 e. The second-order valence-corrected chi connectivity index (χ2v) is 27.1. The van der Waals surface area contributed by atoms with Crippen molar-refractivity contribution in [3.63, 3.8) is 0 Å². The van der Waals surface area contributed by atoms with Crippen LogP contribution in [0.25, 0.3) is 111 Å². The predicted molar refractivity (Wildman–Crippen MR) is 439 cm³/mol. The molecule has 0 bridgehead atoms. The summed E-state index contributed by atoms with van der Waals surface area (Å²) in [5.74, 6) is -1.03. The predicted octanol–water partition coefficient (Wildman–Crippen LogP) is 18.2. The molecule has 0 unspecified atom stereocenters. The summed E-state index contributed by atoms with van der Waals surface area (Å²) >= 11 is 0. The molecule has 0 spiro atoms. The van der Waals surface area contributed by atoms with E-state index in [9.17, 15) is 30.2 Å². The van der Waals surface area contributed by atoms with Crippen molar-refractivity contribution in [3.8, 4) is 90.0 Å². The summed E-state index contributed by atoms with van der Waals surface area (Å²) in [5.41, 5.74) is 9.92. The Labute approximate surface area is 638 Å². The number of aromatic nitrogens is 2. The Morgan fingerprint density at radius 1 is 0.257 bits per heavy atom. The van der Waals surface area contributed by atoms with E-state index in [1.165, 1.54) is 0 Å². The van der Waals surface area contributed by atoms with Crippen LogP contribution >= 0.6 is 0 Å². The Morgan fingerprint density at radius 3 is 1.00 bits per heavy atom. The SMILES string of the molecule is [2H]c1c([2H])c([2H])c2c(c1[2H])Oc1c3c(cc4c1B2c1c([2H])c([2H])c([2H])c2c5c([2H])c([2H])c([2H])c([2H])c5n-4c12)N(c1c(-c2ccccc2)cccc1-c1ccccc1)c1cc(-c2ccccc2)cc2c1B3c1c(cc3c4c1Oc1c([2H])c([2H])c([2H])c([2H])c1B4c1c([2H])c([2H])c([2H])c4c5c([2H])c([2H])c([2H])c([2H])c5n-3c14)N2c1c(-c2ccccc2)cccc1-c1ccccc1. The van der Waals surface area contributed by atoms with Gasteiger partial charge in [0.05, 0.1) is 52.6 Å². The fraction of sp³-hybridized carbons (Fsp3) is 0. The van der Waals surface area contributed by atoms with Crippen LogP contribution in [-0.2, 0) is 0 Å². The monoisotopic (exact) mass is 1350 g/mol. The van der Waals surface area contributed by atoms with Gasteiger partial charge in [0.1, 0.15) is 23.0 Å². The number of benzene rings is 16. The molecule has 0 saturated carbocycles. The Balaban J connectivity index is 0.993. The van der Waals surface area contributed by atoms with Crippen LogP contribution in [-0.4, -0.2) is 29.3 Å². The first-order chi connectivity index (χ1) is 61.3. The molecular weight excluding hydrogens is 1270 g/mol. The van der Waals surface area contributed by atoms with Gasteiger partial charge in [0.2, 0.25) is 0 Å². The smallest absolute Gasteiger partial charge is 0.261 e. The molecule has 0 aliphatic carbocycles. The van der Waals surface area contributed by atoms with Gasteiger partial charge in [-0.25, -0.2) is 0 Å². The van der Waals surface area contributed by atoms with Crippen molar-refractivity contribution in [2.45, 2.75) is 0 Å². The lowest BCUT2D eigenvalue weighted by Crippen LogP contribution is -2.67. The molecule has 0 amide bonds. The van der Waals surface area contributed by atoms with Crippen molar-refractivity contribution >= 4 is 147 Å². The molecule has 0 fully saturated rings. The summed E-state index contributed by atoms with van der Waals surface area (Å²) in [6.45, 7) is -4.64. The van der Waals surface area contributed by atoms with Crippen molar-refractivity contribution in [2.75, 3.05) is 9.80 Å². The van der Waals surface area contributed by atoms with E-state index in [1.54, 1.807) is 9.13 Å². The molecular formula is C96H57B3N4O2. The average Bonchev–Trinajstić information content (AvgIpc) is 1.62. The molecule has 0 N–H and O–H groups in total. The third-order valence-corrected chi connectivity index (χ3v) is 22.0.